The Bertz CT molecular complexity index is 417. The van der Waals surface area contributed by atoms with Crippen molar-refractivity contribution in [2.45, 2.75) is 45.1 Å². The number of hydrogen-bond acceptors (Lipinski definition) is 3. The number of unbranched alkanes of at least 4 members (excludes halogenated alkanes) is 1. The van der Waals surface area contributed by atoms with Crippen molar-refractivity contribution in [1.29, 1.82) is 0 Å². The SMILES string of the molecule is CSCCCCC(=O)NCC(N)c1ccc(C(C)C)cc1. The minimum atomic E-state index is -0.138. The van der Waals surface area contributed by atoms with Crippen LogP contribution in [0.2, 0.25) is 0 Å². The van der Waals surface area contributed by atoms with Gasteiger partial charge in [-0.05, 0) is 41.9 Å². The van der Waals surface area contributed by atoms with Gasteiger partial charge < -0.3 is 11.1 Å². The van der Waals surface area contributed by atoms with E-state index in [0.29, 0.717) is 18.9 Å². The molecule has 0 radical (unpaired) electrons. The third kappa shape index (κ3) is 7.00. The van der Waals surface area contributed by atoms with Crippen molar-refractivity contribution in [3.05, 3.63) is 35.4 Å². The fourth-order valence-electron chi connectivity index (χ4n) is 2.09. The molecule has 118 valence electrons. The number of carbonyl (C=O) groups is 1. The Morgan fingerprint density at radius 1 is 1.19 bits per heavy atom. The Balaban J connectivity index is 2.32. The summed E-state index contributed by atoms with van der Waals surface area (Å²) in [5.74, 6) is 1.75. The van der Waals surface area contributed by atoms with E-state index in [-0.39, 0.29) is 11.9 Å². The number of carbonyl (C=O) groups excluding carboxylic acids is 1. The maximum atomic E-state index is 11.7. The molecular formula is C17H28N2OS. The first kappa shape index (κ1) is 18.1. The van der Waals surface area contributed by atoms with Crippen LogP contribution in [0, 0.1) is 0 Å². The minimum absolute atomic E-state index is 0.102. The lowest BCUT2D eigenvalue weighted by Gasteiger charge is -2.14. The summed E-state index contributed by atoms with van der Waals surface area (Å²) in [5.41, 5.74) is 8.51. The molecule has 1 aromatic carbocycles. The summed E-state index contributed by atoms with van der Waals surface area (Å²) >= 11 is 1.82. The fraction of sp³-hybridized carbons (Fsp3) is 0.588. The standard InChI is InChI=1S/C17H28N2OS/c1-13(2)14-7-9-15(10-8-14)16(18)12-19-17(20)6-4-5-11-21-3/h7-10,13,16H,4-6,11-12,18H2,1-3H3,(H,19,20). The van der Waals surface area contributed by atoms with Gasteiger partial charge in [-0.3, -0.25) is 4.79 Å². The lowest BCUT2D eigenvalue weighted by atomic mass is 9.99. The molecule has 0 aliphatic rings. The summed E-state index contributed by atoms with van der Waals surface area (Å²) in [5, 5.41) is 2.92. The highest BCUT2D eigenvalue weighted by molar-refractivity contribution is 7.98. The molecule has 0 spiro atoms. The second-order valence-corrected chi connectivity index (χ2v) is 6.67. The number of nitrogens with two attached hydrogens (primary N) is 1. The van der Waals surface area contributed by atoms with Crippen molar-refractivity contribution in [1.82, 2.24) is 5.32 Å². The number of benzene rings is 1. The van der Waals surface area contributed by atoms with Crippen LogP contribution in [-0.4, -0.2) is 24.5 Å². The Morgan fingerprint density at radius 3 is 2.38 bits per heavy atom. The lowest BCUT2D eigenvalue weighted by molar-refractivity contribution is -0.121. The van der Waals surface area contributed by atoms with Gasteiger partial charge in [-0.25, -0.2) is 0 Å². The van der Waals surface area contributed by atoms with Crippen LogP contribution in [0.25, 0.3) is 0 Å². The van der Waals surface area contributed by atoms with Crippen molar-refractivity contribution in [2.75, 3.05) is 18.6 Å². The summed E-state index contributed by atoms with van der Waals surface area (Å²) < 4.78 is 0. The molecule has 4 heteroatoms. The van der Waals surface area contributed by atoms with E-state index < -0.39 is 0 Å². The summed E-state index contributed by atoms with van der Waals surface area (Å²) in [6, 6.07) is 8.21. The van der Waals surface area contributed by atoms with E-state index in [9.17, 15) is 4.79 Å². The van der Waals surface area contributed by atoms with E-state index in [1.807, 2.05) is 11.8 Å². The molecule has 21 heavy (non-hydrogen) atoms. The molecule has 0 aliphatic carbocycles. The van der Waals surface area contributed by atoms with Gasteiger partial charge in [0.25, 0.3) is 0 Å². The highest BCUT2D eigenvalue weighted by Gasteiger charge is 2.08. The predicted molar refractivity (Wildman–Crippen MR) is 92.7 cm³/mol. The third-order valence-corrected chi connectivity index (χ3v) is 4.25. The third-order valence-electron chi connectivity index (χ3n) is 3.55. The highest BCUT2D eigenvalue weighted by atomic mass is 32.2. The molecular weight excluding hydrogens is 280 g/mol. The largest absolute Gasteiger partial charge is 0.354 e. The first-order valence-corrected chi connectivity index (χ1v) is 9.05. The fourth-order valence-corrected chi connectivity index (χ4v) is 2.58. The average molecular weight is 308 g/mol. The van der Waals surface area contributed by atoms with Crippen LogP contribution in [0.15, 0.2) is 24.3 Å². The zero-order valence-electron chi connectivity index (χ0n) is 13.4. The quantitative estimate of drug-likeness (QED) is 0.687. The zero-order valence-corrected chi connectivity index (χ0v) is 14.2. The molecule has 1 atom stereocenters. The molecule has 0 aromatic heterocycles. The van der Waals surface area contributed by atoms with E-state index in [1.54, 1.807) is 0 Å². The van der Waals surface area contributed by atoms with Crippen molar-refractivity contribution in [3.8, 4) is 0 Å². The van der Waals surface area contributed by atoms with Gasteiger partial charge in [0.2, 0.25) is 5.91 Å². The maximum Gasteiger partial charge on any atom is 0.220 e. The number of nitrogens with one attached hydrogen (secondary N) is 1. The van der Waals surface area contributed by atoms with Crippen LogP contribution in [0.3, 0.4) is 0 Å². The van der Waals surface area contributed by atoms with E-state index in [4.69, 9.17) is 5.73 Å². The smallest absolute Gasteiger partial charge is 0.220 e. The molecule has 0 fully saturated rings. The van der Waals surface area contributed by atoms with Crippen LogP contribution in [0.5, 0.6) is 0 Å². The lowest BCUT2D eigenvalue weighted by Crippen LogP contribution is -2.31. The van der Waals surface area contributed by atoms with Crippen molar-refractivity contribution in [3.63, 3.8) is 0 Å². The number of rotatable bonds is 9. The average Bonchev–Trinajstić information content (AvgIpc) is 2.49. The summed E-state index contributed by atoms with van der Waals surface area (Å²) in [6.07, 6.45) is 4.73. The van der Waals surface area contributed by atoms with E-state index in [0.717, 1.165) is 24.2 Å². The molecule has 1 amide bonds. The molecule has 0 aliphatic heterocycles. The normalized spacial score (nSPS) is 12.4. The minimum Gasteiger partial charge on any atom is -0.354 e. The van der Waals surface area contributed by atoms with Gasteiger partial charge in [0.15, 0.2) is 0 Å². The van der Waals surface area contributed by atoms with Gasteiger partial charge in [-0.1, -0.05) is 38.1 Å². The van der Waals surface area contributed by atoms with Gasteiger partial charge in [0.05, 0.1) is 0 Å². The summed E-state index contributed by atoms with van der Waals surface area (Å²) in [6.45, 7) is 4.85. The predicted octanol–water partition coefficient (Wildman–Crippen LogP) is 3.46. The highest BCUT2D eigenvalue weighted by Crippen LogP contribution is 2.17. The first-order chi connectivity index (χ1) is 10.0. The van der Waals surface area contributed by atoms with Crippen LogP contribution >= 0.6 is 11.8 Å². The van der Waals surface area contributed by atoms with E-state index in [2.05, 4.69) is 49.7 Å². The van der Waals surface area contributed by atoms with Crippen LogP contribution in [-0.2, 0) is 4.79 Å². The monoisotopic (exact) mass is 308 g/mol. The Morgan fingerprint density at radius 2 is 1.81 bits per heavy atom. The number of thioether (sulfide) groups is 1. The number of hydrogen-bond donors (Lipinski definition) is 2. The van der Waals surface area contributed by atoms with Crippen molar-refractivity contribution >= 4 is 17.7 Å². The van der Waals surface area contributed by atoms with Gasteiger partial charge in [0.1, 0.15) is 0 Å². The first-order valence-electron chi connectivity index (χ1n) is 7.65. The Kier molecular flexibility index (Phi) is 8.47. The molecule has 0 bridgehead atoms. The van der Waals surface area contributed by atoms with Crippen LogP contribution < -0.4 is 11.1 Å². The topological polar surface area (TPSA) is 55.1 Å². The zero-order chi connectivity index (χ0) is 15.7. The van der Waals surface area contributed by atoms with Gasteiger partial charge >= 0.3 is 0 Å². The Hall–Kier alpha value is -1.00. The molecule has 1 unspecified atom stereocenters. The summed E-state index contributed by atoms with van der Waals surface area (Å²) in [4.78, 5) is 11.7. The van der Waals surface area contributed by atoms with Crippen molar-refractivity contribution in [2.24, 2.45) is 5.73 Å². The van der Waals surface area contributed by atoms with Gasteiger partial charge in [-0.15, -0.1) is 0 Å². The maximum absolute atomic E-state index is 11.7. The molecule has 0 saturated carbocycles. The molecule has 0 saturated heterocycles. The molecule has 1 rings (SSSR count). The molecule has 3 N–H and O–H groups in total. The second-order valence-electron chi connectivity index (χ2n) is 5.68. The molecule has 1 aromatic rings. The van der Waals surface area contributed by atoms with E-state index >= 15 is 0 Å². The summed E-state index contributed by atoms with van der Waals surface area (Å²) in [7, 11) is 0. The molecule has 0 heterocycles. The molecule has 3 nitrogen and oxygen atoms in total. The van der Waals surface area contributed by atoms with Crippen LogP contribution in [0.4, 0.5) is 0 Å². The Labute approximate surface area is 133 Å². The van der Waals surface area contributed by atoms with Gasteiger partial charge in [0, 0.05) is 19.0 Å². The van der Waals surface area contributed by atoms with E-state index in [1.165, 1.54) is 5.56 Å². The van der Waals surface area contributed by atoms with Crippen molar-refractivity contribution < 1.29 is 4.79 Å². The van der Waals surface area contributed by atoms with Gasteiger partial charge in [-0.2, -0.15) is 11.8 Å². The number of amides is 1. The van der Waals surface area contributed by atoms with Crippen LogP contribution in [0.1, 0.15) is 56.2 Å². The second kappa shape index (κ2) is 9.85.